The number of nitrogens with one attached hydrogen (secondary N) is 2. The van der Waals surface area contributed by atoms with Crippen LogP contribution in [0.15, 0.2) is 0 Å². The van der Waals surface area contributed by atoms with E-state index in [4.69, 9.17) is 0 Å². The summed E-state index contributed by atoms with van der Waals surface area (Å²) in [4.78, 5) is 25.1. The average molecular weight is 499 g/mol. The molecule has 2 amide bonds. The first-order valence-corrected chi connectivity index (χ1v) is 14.0. The van der Waals surface area contributed by atoms with Crippen molar-refractivity contribution in [1.29, 1.82) is 0 Å². The highest BCUT2D eigenvalue weighted by Gasteiger charge is 2.51. The summed E-state index contributed by atoms with van der Waals surface area (Å²) in [6, 6.07) is 0. The normalized spacial score (nSPS) is 15.6. The van der Waals surface area contributed by atoms with E-state index >= 15 is 0 Å². The van der Waals surface area contributed by atoms with Gasteiger partial charge in [-0.25, -0.2) is 0 Å². The lowest BCUT2D eigenvalue weighted by Gasteiger charge is -2.52. The molecule has 0 heterocycles. The molecule has 0 spiro atoms. The smallest absolute Gasteiger partial charge is 0.225 e. The van der Waals surface area contributed by atoms with Gasteiger partial charge in [-0.1, -0.05) is 88.5 Å². The lowest BCUT2D eigenvalue weighted by atomic mass is 9.53. The van der Waals surface area contributed by atoms with Crippen molar-refractivity contribution >= 4 is 21.1 Å². The standard InChI is InChI=1S/C29H59N2O2P/c1-14-15-16-18-22(32)31-26(6,7)21-25(4,5)29(12,34)20-17-19-24(2,3)28(10,11)27(8,9)23(33)30-13/h14-21,34H2,1-13H3,(H,30,33)(H,31,32). The predicted molar refractivity (Wildman–Crippen MR) is 152 cm³/mol. The molecule has 2 N–H and O–H groups in total. The zero-order chi connectivity index (χ0) is 27.2. The third-order valence-electron chi connectivity index (χ3n) is 9.46. The van der Waals surface area contributed by atoms with Crippen LogP contribution in [0.2, 0.25) is 0 Å². The first-order valence-electron chi connectivity index (χ1n) is 13.4. The monoisotopic (exact) mass is 498 g/mol. The maximum atomic E-state index is 12.6. The average Bonchev–Trinajstić information content (AvgIpc) is 2.65. The molecular weight excluding hydrogens is 439 g/mol. The molecule has 0 aliphatic rings. The van der Waals surface area contributed by atoms with Gasteiger partial charge in [-0.2, -0.15) is 0 Å². The van der Waals surface area contributed by atoms with Crippen LogP contribution >= 0.6 is 9.24 Å². The largest absolute Gasteiger partial charge is 0.359 e. The maximum Gasteiger partial charge on any atom is 0.225 e. The van der Waals surface area contributed by atoms with E-state index in [0.717, 1.165) is 44.9 Å². The van der Waals surface area contributed by atoms with Gasteiger partial charge in [0.05, 0.1) is 0 Å². The molecule has 0 fully saturated rings. The number of carbonyl (C=O) groups is 2. The third-order valence-corrected chi connectivity index (χ3v) is 10.5. The van der Waals surface area contributed by atoms with Crippen molar-refractivity contribution in [2.45, 2.75) is 145 Å². The number of hydrogen-bond acceptors (Lipinski definition) is 2. The SMILES string of the molecule is CCCCCC(=O)NC(C)(C)CC(C)(C)C(C)(P)CCCC(C)(C)C(C)(C)C(C)(C)C(=O)NC. The zero-order valence-electron chi connectivity index (χ0n) is 25.1. The minimum Gasteiger partial charge on any atom is -0.359 e. The lowest BCUT2D eigenvalue weighted by Crippen LogP contribution is -2.52. The van der Waals surface area contributed by atoms with Crippen molar-refractivity contribution < 1.29 is 9.59 Å². The minimum atomic E-state index is -0.464. The quantitative estimate of drug-likeness (QED) is 0.181. The molecule has 0 saturated heterocycles. The molecule has 0 bridgehead atoms. The lowest BCUT2D eigenvalue weighted by molar-refractivity contribution is -0.142. The second kappa shape index (κ2) is 12.1. The summed E-state index contributed by atoms with van der Waals surface area (Å²) in [5, 5.41) is 6.19. The van der Waals surface area contributed by atoms with Gasteiger partial charge in [0, 0.05) is 24.4 Å². The zero-order valence-corrected chi connectivity index (χ0v) is 26.2. The van der Waals surface area contributed by atoms with E-state index in [1.54, 1.807) is 7.05 Å². The molecule has 0 aliphatic carbocycles. The van der Waals surface area contributed by atoms with Gasteiger partial charge in [0.25, 0.3) is 0 Å². The van der Waals surface area contributed by atoms with Gasteiger partial charge in [-0.3, -0.25) is 9.59 Å². The summed E-state index contributed by atoms with van der Waals surface area (Å²) in [5.74, 6) is 0.268. The van der Waals surface area contributed by atoms with Crippen LogP contribution in [0.4, 0.5) is 0 Å². The van der Waals surface area contributed by atoms with E-state index in [-0.39, 0.29) is 38.8 Å². The molecule has 0 saturated carbocycles. The predicted octanol–water partition coefficient (Wildman–Crippen LogP) is 7.51. The van der Waals surface area contributed by atoms with Crippen molar-refractivity contribution in [2.24, 2.45) is 21.7 Å². The number of rotatable bonds is 15. The Labute approximate surface area is 215 Å². The Balaban J connectivity index is 5.22. The van der Waals surface area contributed by atoms with Crippen LogP contribution in [0.1, 0.15) is 134 Å². The fraction of sp³-hybridized carbons (Fsp3) is 0.931. The summed E-state index contributed by atoms with van der Waals surface area (Å²) >= 11 is 0. The van der Waals surface area contributed by atoms with E-state index < -0.39 is 5.41 Å². The summed E-state index contributed by atoms with van der Waals surface area (Å²) < 4.78 is 0. The van der Waals surface area contributed by atoms with Gasteiger partial charge in [0.1, 0.15) is 0 Å². The van der Waals surface area contributed by atoms with E-state index in [0.29, 0.717) is 6.42 Å². The second-order valence-electron chi connectivity index (χ2n) is 13.9. The van der Waals surface area contributed by atoms with Crippen LogP contribution in [0.25, 0.3) is 0 Å². The molecule has 202 valence electrons. The van der Waals surface area contributed by atoms with Crippen LogP contribution < -0.4 is 10.6 Å². The van der Waals surface area contributed by atoms with E-state index in [2.05, 4.69) is 103 Å². The molecule has 0 aromatic carbocycles. The van der Waals surface area contributed by atoms with Crippen LogP contribution in [-0.4, -0.2) is 29.6 Å². The topological polar surface area (TPSA) is 58.2 Å². The Kier molecular flexibility index (Phi) is 11.8. The molecule has 2 unspecified atom stereocenters. The Morgan fingerprint density at radius 1 is 0.765 bits per heavy atom. The Hall–Kier alpha value is -0.630. The molecule has 34 heavy (non-hydrogen) atoms. The molecule has 0 aromatic heterocycles. The minimum absolute atomic E-state index is 0.000363. The molecule has 2 atom stereocenters. The Bertz CT molecular complexity index is 676. The number of carbonyl (C=O) groups excluding carboxylic acids is 2. The van der Waals surface area contributed by atoms with Crippen molar-refractivity contribution in [3.05, 3.63) is 0 Å². The van der Waals surface area contributed by atoms with Crippen molar-refractivity contribution in [2.75, 3.05) is 7.05 Å². The van der Waals surface area contributed by atoms with E-state index in [1.165, 1.54) is 0 Å². The van der Waals surface area contributed by atoms with Gasteiger partial charge in [0.2, 0.25) is 11.8 Å². The molecule has 0 rings (SSSR count). The summed E-state index contributed by atoms with van der Waals surface area (Å²) in [6.07, 6.45) is 7.96. The van der Waals surface area contributed by atoms with E-state index in [1.807, 2.05) is 0 Å². The summed E-state index contributed by atoms with van der Waals surface area (Å²) in [7, 11) is 4.86. The van der Waals surface area contributed by atoms with Crippen molar-refractivity contribution in [3.8, 4) is 0 Å². The van der Waals surface area contributed by atoms with Crippen LogP contribution in [-0.2, 0) is 9.59 Å². The number of hydrogen-bond donors (Lipinski definition) is 2. The molecular formula is C29H59N2O2P. The fourth-order valence-corrected chi connectivity index (χ4v) is 5.62. The van der Waals surface area contributed by atoms with Crippen molar-refractivity contribution in [1.82, 2.24) is 10.6 Å². The molecule has 4 nitrogen and oxygen atoms in total. The second-order valence-corrected chi connectivity index (χ2v) is 15.2. The summed E-state index contributed by atoms with van der Waals surface area (Å²) in [6.45, 7) is 26.7. The van der Waals surface area contributed by atoms with E-state index in [9.17, 15) is 9.59 Å². The van der Waals surface area contributed by atoms with Gasteiger partial charge in [-0.05, 0) is 60.9 Å². The number of unbranched alkanes of at least 4 members (excludes halogenated alkanes) is 2. The van der Waals surface area contributed by atoms with Crippen molar-refractivity contribution in [3.63, 3.8) is 0 Å². The highest BCUT2D eigenvalue weighted by Crippen LogP contribution is 2.55. The van der Waals surface area contributed by atoms with Gasteiger partial charge >= 0.3 is 0 Å². The number of amides is 2. The Morgan fingerprint density at radius 2 is 1.29 bits per heavy atom. The highest BCUT2D eigenvalue weighted by molar-refractivity contribution is 7.19. The van der Waals surface area contributed by atoms with Crippen LogP contribution in [0.3, 0.4) is 0 Å². The first kappa shape index (κ1) is 33.4. The van der Waals surface area contributed by atoms with Gasteiger partial charge in [-0.15, -0.1) is 9.24 Å². The van der Waals surface area contributed by atoms with Gasteiger partial charge < -0.3 is 10.6 Å². The molecule has 0 aromatic rings. The summed E-state index contributed by atoms with van der Waals surface area (Å²) in [5.41, 5.74) is -0.854. The van der Waals surface area contributed by atoms with Crippen LogP contribution in [0.5, 0.6) is 0 Å². The van der Waals surface area contributed by atoms with Crippen LogP contribution in [0, 0.1) is 21.7 Å². The third kappa shape index (κ3) is 8.49. The molecule has 0 radical (unpaired) electrons. The fourth-order valence-electron chi connectivity index (χ4n) is 5.32. The van der Waals surface area contributed by atoms with Gasteiger partial charge in [0.15, 0.2) is 0 Å². The Morgan fingerprint density at radius 3 is 1.76 bits per heavy atom. The molecule has 0 aliphatic heterocycles. The highest BCUT2D eigenvalue weighted by atomic mass is 31.0. The molecule has 5 heteroatoms. The maximum absolute atomic E-state index is 12.6. The first-order chi connectivity index (χ1) is 15.1.